The minimum atomic E-state index is -3.98. The summed E-state index contributed by atoms with van der Waals surface area (Å²) in [6.07, 6.45) is -4.18. The second-order valence-electron chi connectivity index (χ2n) is 7.82. The van der Waals surface area contributed by atoms with Crippen LogP contribution in [0.3, 0.4) is 0 Å². The van der Waals surface area contributed by atoms with E-state index in [4.69, 9.17) is 12.2 Å². The minimum Gasteiger partial charge on any atom is -0.387 e. The summed E-state index contributed by atoms with van der Waals surface area (Å²) in [6, 6.07) is 7.80. The van der Waals surface area contributed by atoms with Gasteiger partial charge < -0.3 is 24.5 Å². The molecule has 0 saturated carbocycles. The number of nitrogens with zero attached hydrogens (tertiary/aromatic N) is 4. The number of amides is 1. The summed E-state index contributed by atoms with van der Waals surface area (Å²) in [5.41, 5.74) is 0.812. The third-order valence-electron chi connectivity index (χ3n) is 5.44. The number of nitrogens with one attached hydrogen (secondary N) is 1. The van der Waals surface area contributed by atoms with Crippen LogP contribution in [0.5, 0.6) is 0 Å². The van der Waals surface area contributed by atoms with Crippen molar-refractivity contribution in [2.75, 3.05) is 25.1 Å². The van der Waals surface area contributed by atoms with Gasteiger partial charge in [-0.25, -0.2) is 24.1 Å². The molecule has 0 bridgehead atoms. The van der Waals surface area contributed by atoms with Gasteiger partial charge in [-0.15, -0.1) is 0 Å². The summed E-state index contributed by atoms with van der Waals surface area (Å²) < 4.78 is 73.6. The van der Waals surface area contributed by atoms with Crippen molar-refractivity contribution in [1.82, 2.24) is 19.5 Å². The maximum Gasteiger partial charge on any atom is 0.327 e. The molecule has 2 aromatic heterocycles. The van der Waals surface area contributed by atoms with E-state index in [9.17, 15) is 23.6 Å². The molecule has 14 nitrogen and oxygen atoms in total. The molecule has 0 aliphatic carbocycles. The van der Waals surface area contributed by atoms with Gasteiger partial charge in [0.05, 0.1) is 9.07 Å². The number of benzene rings is 1. The standard InChI is InChI=1S/C21H22N5O9P3/c1-32-17-16(27)14(7-8-38(31,11-33-36-29)12-34-37-30)35-21(17)26-10-24-15-18(22-9-23-19(15)26)25-20(28)13-5-3-2-4-6-13/h2-10,14,16-17,21,27H,11-12H2,1H3,(H,22,23,25,28)/b8-7+/t14-,16-,17-,21-/m1/s1/i7D,8D. The number of methoxy groups -OCH3 is 1. The Bertz CT molecular complexity index is 1460. The van der Waals surface area contributed by atoms with Crippen molar-refractivity contribution >= 4 is 47.4 Å². The number of carbonyl (C=O) groups excluding carboxylic acids is 1. The third-order valence-corrected chi connectivity index (χ3v) is 7.94. The topological polar surface area (TPSA) is 181 Å². The van der Waals surface area contributed by atoms with Crippen molar-refractivity contribution in [2.45, 2.75) is 24.5 Å². The molecule has 200 valence electrons. The minimum absolute atomic E-state index is 0.118. The monoisotopic (exact) mass is 583 g/mol. The number of aliphatic hydroxyl groups is 1. The van der Waals surface area contributed by atoms with Gasteiger partial charge in [0.25, 0.3) is 5.91 Å². The van der Waals surface area contributed by atoms with Crippen LogP contribution >= 0.6 is 24.5 Å². The van der Waals surface area contributed by atoms with E-state index in [2.05, 4.69) is 29.3 Å². The number of imidazole rings is 1. The highest BCUT2D eigenvalue weighted by atomic mass is 31.2. The fourth-order valence-corrected chi connectivity index (χ4v) is 6.10. The number of rotatable bonds is 12. The quantitative estimate of drug-likeness (QED) is 0.296. The molecule has 1 saturated heterocycles. The second kappa shape index (κ2) is 12.8. The first-order chi connectivity index (χ1) is 19.3. The van der Waals surface area contributed by atoms with Gasteiger partial charge in [-0.3, -0.25) is 18.4 Å². The fourth-order valence-electron chi connectivity index (χ4n) is 3.66. The highest BCUT2D eigenvalue weighted by molar-refractivity contribution is 7.67. The fraction of sp³-hybridized carbons (Fsp3) is 0.333. The lowest BCUT2D eigenvalue weighted by Gasteiger charge is -2.19. The van der Waals surface area contributed by atoms with Gasteiger partial charge in [0.1, 0.15) is 37.3 Å². The van der Waals surface area contributed by atoms with Crippen LogP contribution in [0, 0.1) is 0 Å². The molecule has 0 spiro atoms. The Morgan fingerprint density at radius 3 is 2.61 bits per heavy atom. The Morgan fingerprint density at radius 2 is 1.95 bits per heavy atom. The molecule has 4 rings (SSSR count). The van der Waals surface area contributed by atoms with E-state index >= 15 is 0 Å². The number of hydrogen-bond acceptors (Lipinski definition) is 12. The molecular formula is C21H22N5O9P3. The Kier molecular flexibility index (Phi) is 8.61. The number of aromatic nitrogens is 4. The zero-order chi connectivity index (χ0) is 28.9. The number of anilines is 1. The largest absolute Gasteiger partial charge is 0.387 e. The number of fused-ring (bicyclic) bond motifs is 1. The summed E-state index contributed by atoms with van der Waals surface area (Å²) in [5.74, 6) is -1.09. The molecule has 0 radical (unpaired) electrons. The molecule has 0 unspecified atom stereocenters. The highest BCUT2D eigenvalue weighted by Gasteiger charge is 2.45. The van der Waals surface area contributed by atoms with Crippen LogP contribution in [0.2, 0.25) is 0 Å². The number of hydrogen-bond donors (Lipinski definition) is 2. The molecular weight excluding hydrogens is 559 g/mol. The first-order valence-corrected chi connectivity index (χ1v) is 14.3. The third kappa shape index (κ3) is 6.26. The van der Waals surface area contributed by atoms with Gasteiger partial charge in [-0.1, -0.05) is 18.2 Å². The number of ether oxygens (including phenoxy) is 2. The summed E-state index contributed by atoms with van der Waals surface area (Å²) in [7, 11) is -4.32. The Morgan fingerprint density at radius 1 is 1.24 bits per heavy atom. The van der Waals surface area contributed by atoms with Crippen molar-refractivity contribution in [1.29, 1.82) is 0 Å². The van der Waals surface area contributed by atoms with Gasteiger partial charge >= 0.3 is 17.4 Å². The molecule has 1 aliphatic heterocycles. The number of carbonyl (C=O) groups is 1. The summed E-state index contributed by atoms with van der Waals surface area (Å²) in [5, 5.41) is 13.6. The molecule has 1 amide bonds. The molecule has 3 heterocycles. The van der Waals surface area contributed by atoms with Crippen LogP contribution in [-0.2, 0) is 32.2 Å². The molecule has 1 aromatic carbocycles. The highest BCUT2D eigenvalue weighted by Crippen LogP contribution is 2.49. The van der Waals surface area contributed by atoms with E-state index in [0.717, 1.165) is 0 Å². The summed E-state index contributed by atoms with van der Waals surface area (Å²) in [4.78, 5) is 25.3. The van der Waals surface area contributed by atoms with Gasteiger partial charge in [0.2, 0.25) is 0 Å². The normalized spacial score (nSPS) is 24.6. The molecule has 3 aromatic rings. The lowest BCUT2D eigenvalue weighted by atomic mass is 10.1. The molecule has 1 fully saturated rings. The van der Waals surface area contributed by atoms with E-state index in [-0.39, 0.29) is 17.0 Å². The van der Waals surface area contributed by atoms with Gasteiger partial charge in [0, 0.05) is 12.7 Å². The van der Waals surface area contributed by atoms with Crippen molar-refractivity contribution in [2.24, 2.45) is 0 Å². The SMILES string of the molecule is [2H]/C(=C(/[2H])P(=O)(COP=O)COP=O)[C@H]1O[C@@H](n2cnc3c(NC(=O)c4ccccc4)ncnc32)[C@H](OC)[C@@H]1O. The van der Waals surface area contributed by atoms with Crippen molar-refractivity contribution in [3.05, 3.63) is 60.4 Å². The van der Waals surface area contributed by atoms with Gasteiger partial charge in [-0.2, -0.15) is 0 Å². The molecule has 4 atom stereocenters. The van der Waals surface area contributed by atoms with Crippen molar-refractivity contribution in [3.63, 3.8) is 0 Å². The van der Waals surface area contributed by atoms with E-state index in [0.29, 0.717) is 5.56 Å². The van der Waals surface area contributed by atoms with Crippen LogP contribution in [-0.4, -0.2) is 68.7 Å². The van der Waals surface area contributed by atoms with Crippen LogP contribution in [0.1, 0.15) is 19.3 Å². The lowest BCUT2D eigenvalue weighted by molar-refractivity contribution is -0.0449. The Hall–Kier alpha value is -2.79. The molecule has 38 heavy (non-hydrogen) atoms. The molecule has 1 aliphatic rings. The van der Waals surface area contributed by atoms with E-state index in [1.807, 2.05) is 0 Å². The zero-order valence-corrected chi connectivity index (χ0v) is 22.3. The van der Waals surface area contributed by atoms with Crippen molar-refractivity contribution < 1.29 is 44.9 Å². The van der Waals surface area contributed by atoms with E-state index < -0.39 is 79.5 Å². The van der Waals surface area contributed by atoms with Crippen molar-refractivity contribution in [3.8, 4) is 0 Å². The predicted molar refractivity (Wildman–Crippen MR) is 134 cm³/mol. The maximum absolute atomic E-state index is 13.3. The average molecular weight is 583 g/mol. The van der Waals surface area contributed by atoms with Crippen LogP contribution < -0.4 is 5.32 Å². The zero-order valence-electron chi connectivity index (χ0n) is 21.6. The summed E-state index contributed by atoms with van der Waals surface area (Å²) >= 11 is 0. The molecule has 17 heteroatoms. The Labute approximate surface area is 222 Å². The number of aliphatic hydroxyl groups excluding tert-OH is 1. The predicted octanol–water partition coefficient (Wildman–Crippen LogP) is 3.59. The van der Waals surface area contributed by atoms with E-state index in [1.54, 1.807) is 30.3 Å². The molecule has 2 N–H and O–H groups in total. The van der Waals surface area contributed by atoms with Gasteiger partial charge in [0.15, 0.2) is 30.4 Å². The Balaban J connectivity index is 1.65. The van der Waals surface area contributed by atoms with E-state index in [1.165, 1.54) is 24.3 Å². The smallest absolute Gasteiger partial charge is 0.327 e. The second-order valence-corrected chi connectivity index (χ2v) is 11.1. The van der Waals surface area contributed by atoms with Crippen LogP contribution in [0.4, 0.5) is 5.82 Å². The van der Waals surface area contributed by atoms with Gasteiger partial charge in [-0.05, 0) is 24.0 Å². The first-order valence-electron chi connectivity index (χ1n) is 11.8. The van der Waals surface area contributed by atoms with Crippen LogP contribution in [0.25, 0.3) is 11.2 Å². The maximum atomic E-state index is 13.3. The summed E-state index contributed by atoms with van der Waals surface area (Å²) in [6.45, 7) is 0. The van der Waals surface area contributed by atoms with Crippen LogP contribution in [0.15, 0.2) is 54.8 Å². The average Bonchev–Trinajstić information content (AvgIpc) is 3.55. The lowest BCUT2D eigenvalue weighted by Crippen LogP contribution is -2.32. The first kappa shape index (κ1) is 25.5.